The number of likely N-dealkylation sites (tertiary alicyclic amines) is 1. The van der Waals surface area contributed by atoms with Gasteiger partial charge < -0.3 is 20.1 Å². The van der Waals surface area contributed by atoms with Crippen molar-refractivity contribution in [3.8, 4) is 0 Å². The third kappa shape index (κ3) is 5.06. The molecule has 8 nitrogen and oxygen atoms in total. The predicted octanol–water partition coefficient (Wildman–Crippen LogP) is 1.99. The Hall–Kier alpha value is -3.30. The molecule has 0 radical (unpaired) electrons. The van der Waals surface area contributed by atoms with Crippen LogP contribution >= 0.6 is 0 Å². The minimum Gasteiger partial charge on any atom is -0.369 e. The van der Waals surface area contributed by atoms with E-state index in [9.17, 15) is 14.0 Å². The number of aromatic nitrogens is 2. The molecule has 5 rings (SSSR count). The number of amides is 1. The number of piperazine rings is 1. The minimum absolute atomic E-state index is 0.0565. The molecule has 9 heteroatoms. The lowest BCUT2D eigenvalue weighted by Crippen LogP contribution is -2.57. The molecule has 0 spiro atoms. The minimum atomic E-state index is -0.488. The van der Waals surface area contributed by atoms with Crippen molar-refractivity contribution in [1.82, 2.24) is 25.1 Å². The number of halogens is 1. The lowest BCUT2D eigenvalue weighted by atomic mass is 10.1. The monoisotopic (exact) mass is 478 g/mol. The number of hydrogen-bond acceptors (Lipinski definition) is 6. The van der Waals surface area contributed by atoms with Crippen molar-refractivity contribution in [2.45, 2.75) is 25.9 Å². The maximum Gasteiger partial charge on any atom is 0.254 e. The second kappa shape index (κ2) is 9.75. The molecule has 2 aliphatic rings. The molecule has 0 unspecified atom stereocenters. The Balaban J connectivity index is 1.18. The highest BCUT2D eigenvalue weighted by atomic mass is 19.1. The fourth-order valence-corrected chi connectivity index (χ4v) is 4.88. The molecule has 1 aromatic carbocycles. The Kier molecular flexibility index (Phi) is 6.53. The topological polar surface area (TPSA) is 84.6 Å². The van der Waals surface area contributed by atoms with Gasteiger partial charge in [0, 0.05) is 63.3 Å². The fraction of sp³-hybridized carbons (Fsp3) is 0.423. The number of benzene rings is 1. The van der Waals surface area contributed by atoms with E-state index in [1.54, 1.807) is 6.07 Å². The van der Waals surface area contributed by atoms with Crippen LogP contribution in [-0.4, -0.2) is 78.0 Å². The van der Waals surface area contributed by atoms with Gasteiger partial charge in [0.25, 0.3) is 11.5 Å². The maximum atomic E-state index is 14.7. The van der Waals surface area contributed by atoms with Crippen LogP contribution in [0.5, 0.6) is 0 Å². The van der Waals surface area contributed by atoms with Crippen molar-refractivity contribution in [2.75, 3.05) is 51.2 Å². The number of nitrogens with one attached hydrogen (secondary N) is 2. The molecule has 4 heterocycles. The van der Waals surface area contributed by atoms with Gasteiger partial charge in [-0.05, 0) is 49.4 Å². The Bertz CT molecular complexity index is 1290. The summed E-state index contributed by atoms with van der Waals surface area (Å²) < 4.78 is 14.7. The molecule has 35 heavy (non-hydrogen) atoms. The molecule has 0 saturated carbocycles. The van der Waals surface area contributed by atoms with Crippen LogP contribution in [0.2, 0.25) is 0 Å². The van der Waals surface area contributed by atoms with Crippen LogP contribution in [0, 0.1) is 5.82 Å². The quantitative estimate of drug-likeness (QED) is 0.564. The summed E-state index contributed by atoms with van der Waals surface area (Å²) in [5, 5.41) is 2.89. The van der Waals surface area contributed by atoms with Crippen LogP contribution in [0.1, 0.15) is 28.4 Å². The van der Waals surface area contributed by atoms with Gasteiger partial charge in [0.05, 0.1) is 22.6 Å². The summed E-state index contributed by atoms with van der Waals surface area (Å²) >= 11 is 0. The molecule has 0 aliphatic carbocycles. The number of rotatable bonds is 6. The number of pyridine rings is 2. The van der Waals surface area contributed by atoms with E-state index < -0.39 is 5.82 Å². The third-order valence-corrected chi connectivity index (χ3v) is 6.95. The first kappa shape index (κ1) is 23.4. The van der Waals surface area contributed by atoms with E-state index in [4.69, 9.17) is 0 Å². The highest BCUT2D eigenvalue weighted by Crippen LogP contribution is 2.22. The largest absolute Gasteiger partial charge is 0.369 e. The maximum absolute atomic E-state index is 14.7. The first-order chi connectivity index (χ1) is 16.9. The number of aromatic amines is 1. The molecule has 2 aliphatic heterocycles. The first-order valence-electron chi connectivity index (χ1n) is 12.2. The second-order valence-corrected chi connectivity index (χ2v) is 9.57. The molecule has 2 aromatic heterocycles. The lowest BCUT2D eigenvalue weighted by Gasteiger charge is -2.37. The Morgan fingerprint density at radius 2 is 1.94 bits per heavy atom. The van der Waals surface area contributed by atoms with Gasteiger partial charge in [0.15, 0.2) is 0 Å². The summed E-state index contributed by atoms with van der Waals surface area (Å²) in [7, 11) is 1.99. The molecule has 3 aromatic rings. The average molecular weight is 479 g/mol. The van der Waals surface area contributed by atoms with E-state index in [1.807, 2.05) is 38.4 Å². The van der Waals surface area contributed by atoms with Crippen molar-refractivity contribution in [3.05, 3.63) is 69.4 Å². The SMILES string of the molecule is CCc1cc2ncc(CN3CCN(c4ccc(C(=O)NC5CN(C)C5)c(F)c4)CC3)cc2[nH]c1=O. The summed E-state index contributed by atoms with van der Waals surface area (Å²) in [5.74, 6) is -0.842. The fourth-order valence-electron chi connectivity index (χ4n) is 4.88. The molecule has 2 fully saturated rings. The highest BCUT2D eigenvalue weighted by Gasteiger charge is 2.26. The smallest absolute Gasteiger partial charge is 0.254 e. The van der Waals surface area contributed by atoms with Crippen LogP contribution in [0.3, 0.4) is 0 Å². The number of aryl methyl sites for hydroxylation is 1. The van der Waals surface area contributed by atoms with E-state index in [2.05, 4.69) is 30.0 Å². The van der Waals surface area contributed by atoms with Crippen molar-refractivity contribution in [1.29, 1.82) is 0 Å². The van der Waals surface area contributed by atoms with Gasteiger partial charge in [0.2, 0.25) is 0 Å². The van der Waals surface area contributed by atoms with Gasteiger partial charge in [0.1, 0.15) is 5.82 Å². The van der Waals surface area contributed by atoms with Crippen molar-refractivity contribution in [3.63, 3.8) is 0 Å². The first-order valence-corrected chi connectivity index (χ1v) is 12.2. The summed E-state index contributed by atoms with van der Waals surface area (Å²) in [6.45, 7) is 7.45. The predicted molar refractivity (Wildman–Crippen MR) is 134 cm³/mol. The molecule has 0 bridgehead atoms. The second-order valence-electron chi connectivity index (χ2n) is 9.57. The standard InChI is InChI=1S/C26H31FN6O2/c1-3-18-11-23-24(30-25(18)34)10-17(13-28-23)14-32-6-8-33(9-7-32)20-4-5-21(22(27)12-20)26(35)29-19-15-31(2)16-19/h4-5,10-13,19H,3,6-9,14-16H2,1-2H3,(H,29,35)(H,30,34). The molecule has 2 N–H and O–H groups in total. The summed E-state index contributed by atoms with van der Waals surface area (Å²) in [6.07, 6.45) is 2.55. The van der Waals surface area contributed by atoms with Gasteiger partial charge in [-0.1, -0.05) is 6.92 Å². The van der Waals surface area contributed by atoms with Crippen LogP contribution in [0.4, 0.5) is 10.1 Å². The van der Waals surface area contributed by atoms with Gasteiger partial charge >= 0.3 is 0 Å². The molecule has 184 valence electrons. The van der Waals surface area contributed by atoms with Crippen molar-refractivity contribution in [2.24, 2.45) is 0 Å². The Labute approximate surface area is 203 Å². The van der Waals surface area contributed by atoms with Crippen LogP contribution < -0.4 is 15.8 Å². The van der Waals surface area contributed by atoms with Crippen molar-refractivity contribution >= 4 is 22.6 Å². The third-order valence-electron chi connectivity index (χ3n) is 6.95. The molecule has 2 saturated heterocycles. The molecule has 0 atom stereocenters. The zero-order chi connectivity index (χ0) is 24.5. The van der Waals surface area contributed by atoms with Gasteiger partial charge in [-0.3, -0.25) is 19.5 Å². The number of likely N-dealkylation sites (N-methyl/N-ethyl adjacent to an activating group) is 1. The Morgan fingerprint density at radius 3 is 2.63 bits per heavy atom. The lowest BCUT2D eigenvalue weighted by molar-refractivity contribution is 0.0854. The van der Waals surface area contributed by atoms with E-state index >= 15 is 0 Å². The van der Waals surface area contributed by atoms with Crippen LogP contribution in [-0.2, 0) is 13.0 Å². The van der Waals surface area contributed by atoms with E-state index in [0.717, 1.165) is 73.7 Å². The number of anilines is 1. The summed E-state index contributed by atoms with van der Waals surface area (Å²) in [6, 6.07) is 8.82. The van der Waals surface area contributed by atoms with E-state index in [-0.39, 0.29) is 23.1 Å². The number of H-pyrrole nitrogens is 1. The number of carbonyl (C=O) groups excluding carboxylic acids is 1. The van der Waals surface area contributed by atoms with Gasteiger partial charge in [-0.25, -0.2) is 4.39 Å². The van der Waals surface area contributed by atoms with E-state index in [0.29, 0.717) is 6.42 Å². The number of carbonyl (C=O) groups is 1. The van der Waals surface area contributed by atoms with Crippen LogP contribution in [0.25, 0.3) is 11.0 Å². The average Bonchev–Trinajstić information content (AvgIpc) is 2.83. The zero-order valence-electron chi connectivity index (χ0n) is 20.2. The number of nitrogens with zero attached hydrogens (tertiary/aromatic N) is 4. The normalized spacial score (nSPS) is 17.5. The molecular formula is C26H31FN6O2. The summed E-state index contributed by atoms with van der Waals surface area (Å²) in [5.41, 5.74) is 4.17. The highest BCUT2D eigenvalue weighted by molar-refractivity contribution is 5.95. The van der Waals surface area contributed by atoms with Crippen molar-refractivity contribution < 1.29 is 9.18 Å². The number of fused-ring (bicyclic) bond motifs is 1. The number of hydrogen-bond donors (Lipinski definition) is 2. The molecular weight excluding hydrogens is 447 g/mol. The van der Waals surface area contributed by atoms with Crippen LogP contribution in [0.15, 0.2) is 41.3 Å². The van der Waals surface area contributed by atoms with E-state index in [1.165, 1.54) is 6.07 Å². The Morgan fingerprint density at radius 1 is 1.17 bits per heavy atom. The summed E-state index contributed by atoms with van der Waals surface area (Å²) in [4.78, 5) is 38.6. The zero-order valence-corrected chi connectivity index (χ0v) is 20.2. The molecule has 1 amide bonds. The van der Waals surface area contributed by atoms with Gasteiger partial charge in [-0.2, -0.15) is 0 Å². The van der Waals surface area contributed by atoms with Gasteiger partial charge in [-0.15, -0.1) is 0 Å².